The van der Waals surface area contributed by atoms with Crippen LogP contribution in [0, 0.1) is 6.92 Å². The molecule has 42 heavy (non-hydrogen) atoms. The number of carbonyl (C=O) groups is 3. The molecule has 0 bridgehead atoms. The lowest BCUT2D eigenvalue weighted by atomic mass is 9.82. The number of anilines is 1. The maximum atomic E-state index is 13.0. The smallest absolute Gasteiger partial charge is 0.410 e. The summed E-state index contributed by atoms with van der Waals surface area (Å²) in [5.74, 6) is -0.241. The van der Waals surface area contributed by atoms with Gasteiger partial charge in [0.05, 0.1) is 17.4 Å². The van der Waals surface area contributed by atoms with E-state index < -0.39 is 5.60 Å². The van der Waals surface area contributed by atoms with Crippen molar-refractivity contribution in [2.24, 2.45) is 0 Å². The van der Waals surface area contributed by atoms with Gasteiger partial charge in [-0.15, -0.1) is 0 Å². The number of carbonyl (C=O) groups excluding carboxylic acids is 3. The summed E-state index contributed by atoms with van der Waals surface area (Å²) < 4.78 is 5.49. The molecule has 0 radical (unpaired) electrons. The number of urea groups is 1. The Bertz CT molecular complexity index is 1320. The lowest BCUT2D eigenvalue weighted by Gasteiger charge is -2.39. The van der Waals surface area contributed by atoms with Gasteiger partial charge < -0.3 is 30.1 Å². The normalized spacial score (nSPS) is 21.9. The summed E-state index contributed by atoms with van der Waals surface area (Å²) in [7, 11) is 0. The number of aryl methyl sites for hydroxylation is 1. The standard InChI is InChI=1S/C32H44N6O4/c1-23-19-25(37-15-11-31(5,21-37)24-9-7-6-8-10-24)20-34-26(23)27(39)33-14-18-38-22-32(35-28(38)40)12-16-36(17-13-32)29(41)42-30(2,3)4/h6-10,19-20H,11-18,21-22H2,1-5H3,(H,33,39)(H,35,40). The second kappa shape index (κ2) is 11.5. The van der Waals surface area contributed by atoms with Crippen LogP contribution in [0.15, 0.2) is 42.6 Å². The molecule has 2 aromatic rings. The molecule has 1 aromatic heterocycles. The first-order chi connectivity index (χ1) is 19.9. The summed E-state index contributed by atoms with van der Waals surface area (Å²) in [6, 6.07) is 12.5. The van der Waals surface area contributed by atoms with Crippen molar-refractivity contribution in [3.8, 4) is 0 Å². The highest BCUT2D eigenvalue weighted by Crippen LogP contribution is 2.36. The number of nitrogens with zero attached hydrogens (tertiary/aromatic N) is 4. The van der Waals surface area contributed by atoms with Crippen LogP contribution < -0.4 is 15.5 Å². The Morgan fingerprint density at radius 3 is 2.45 bits per heavy atom. The lowest BCUT2D eigenvalue weighted by Crippen LogP contribution is -2.54. The first-order valence-electron chi connectivity index (χ1n) is 15.0. The van der Waals surface area contributed by atoms with Crippen molar-refractivity contribution in [1.82, 2.24) is 25.4 Å². The van der Waals surface area contributed by atoms with Gasteiger partial charge in [-0.1, -0.05) is 37.3 Å². The van der Waals surface area contributed by atoms with Gasteiger partial charge >= 0.3 is 12.1 Å². The molecule has 0 saturated carbocycles. The van der Waals surface area contributed by atoms with Crippen LogP contribution in [0.2, 0.25) is 0 Å². The minimum absolute atomic E-state index is 0.0841. The van der Waals surface area contributed by atoms with Gasteiger partial charge in [0.15, 0.2) is 0 Å². The zero-order chi connectivity index (χ0) is 30.1. The second-order valence-electron chi connectivity index (χ2n) is 13.3. The molecule has 5 rings (SSSR count). The van der Waals surface area contributed by atoms with E-state index in [2.05, 4.69) is 51.7 Å². The summed E-state index contributed by atoms with van der Waals surface area (Å²) in [5.41, 5.74) is 2.79. The zero-order valence-electron chi connectivity index (χ0n) is 25.5. The van der Waals surface area contributed by atoms with E-state index in [1.54, 1.807) is 16.0 Å². The summed E-state index contributed by atoms with van der Waals surface area (Å²) in [6.07, 6.45) is 3.87. The van der Waals surface area contributed by atoms with Crippen molar-refractivity contribution in [2.45, 2.75) is 70.4 Å². The molecule has 10 nitrogen and oxygen atoms in total. The number of piperidine rings is 1. The number of amides is 4. The summed E-state index contributed by atoms with van der Waals surface area (Å²) in [4.78, 5) is 48.4. The minimum Gasteiger partial charge on any atom is -0.444 e. The van der Waals surface area contributed by atoms with Crippen LogP contribution in [0.4, 0.5) is 15.3 Å². The van der Waals surface area contributed by atoms with Gasteiger partial charge in [-0.3, -0.25) is 4.79 Å². The fraction of sp³-hybridized carbons (Fsp3) is 0.562. The van der Waals surface area contributed by atoms with Gasteiger partial charge in [0.2, 0.25) is 0 Å². The van der Waals surface area contributed by atoms with E-state index >= 15 is 0 Å². The first kappa shape index (κ1) is 29.7. The number of rotatable bonds is 6. The molecule has 4 heterocycles. The number of pyridine rings is 1. The molecule has 0 aliphatic carbocycles. The Morgan fingerprint density at radius 2 is 1.79 bits per heavy atom. The largest absolute Gasteiger partial charge is 0.444 e. The topological polar surface area (TPSA) is 107 Å². The van der Waals surface area contributed by atoms with Crippen LogP contribution in [-0.2, 0) is 10.2 Å². The lowest BCUT2D eigenvalue weighted by molar-refractivity contribution is 0.0161. The molecule has 3 saturated heterocycles. The number of nitrogens with one attached hydrogen (secondary N) is 2. The Morgan fingerprint density at radius 1 is 1.07 bits per heavy atom. The minimum atomic E-state index is -0.538. The molecule has 3 aliphatic heterocycles. The fourth-order valence-corrected chi connectivity index (χ4v) is 6.31. The summed E-state index contributed by atoms with van der Waals surface area (Å²) >= 11 is 0. The van der Waals surface area contributed by atoms with E-state index in [9.17, 15) is 14.4 Å². The van der Waals surface area contributed by atoms with Gasteiger partial charge in [-0.25, -0.2) is 14.6 Å². The molecule has 10 heteroatoms. The van der Waals surface area contributed by atoms with Crippen LogP contribution in [0.5, 0.6) is 0 Å². The van der Waals surface area contributed by atoms with Crippen LogP contribution in [0.1, 0.15) is 68.6 Å². The molecule has 1 unspecified atom stereocenters. The highest BCUT2D eigenvalue weighted by atomic mass is 16.6. The van der Waals surface area contributed by atoms with Gasteiger partial charge in [0, 0.05) is 51.2 Å². The number of hydrogen-bond acceptors (Lipinski definition) is 6. The predicted molar refractivity (Wildman–Crippen MR) is 162 cm³/mol. The average Bonchev–Trinajstić information content (AvgIpc) is 3.49. The number of likely N-dealkylation sites (tertiary alicyclic amines) is 1. The van der Waals surface area contributed by atoms with Crippen LogP contribution in [0.3, 0.4) is 0 Å². The molecule has 1 spiro atoms. The van der Waals surface area contributed by atoms with E-state index in [1.165, 1.54) is 5.56 Å². The summed E-state index contributed by atoms with van der Waals surface area (Å²) in [5, 5.41) is 6.07. The van der Waals surface area contributed by atoms with E-state index in [0.29, 0.717) is 51.3 Å². The number of ether oxygens (including phenoxy) is 1. The highest BCUT2D eigenvalue weighted by molar-refractivity contribution is 5.94. The highest BCUT2D eigenvalue weighted by Gasteiger charge is 2.45. The maximum Gasteiger partial charge on any atom is 0.410 e. The van der Waals surface area contributed by atoms with E-state index in [-0.39, 0.29) is 29.0 Å². The van der Waals surface area contributed by atoms with E-state index in [4.69, 9.17) is 4.74 Å². The Kier molecular flexibility index (Phi) is 8.09. The molecule has 1 atom stereocenters. The van der Waals surface area contributed by atoms with Crippen molar-refractivity contribution >= 4 is 23.7 Å². The molecular formula is C32H44N6O4. The third-order valence-electron chi connectivity index (χ3n) is 8.78. The molecule has 2 N–H and O–H groups in total. The van der Waals surface area contributed by atoms with Gasteiger partial charge in [-0.05, 0) is 64.2 Å². The number of hydrogen-bond donors (Lipinski definition) is 2. The fourth-order valence-electron chi connectivity index (χ4n) is 6.31. The molecule has 3 fully saturated rings. The van der Waals surface area contributed by atoms with Crippen molar-refractivity contribution in [2.75, 3.05) is 50.7 Å². The molecule has 4 amide bonds. The predicted octanol–water partition coefficient (Wildman–Crippen LogP) is 4.08. The zero-order valence-corrected chi connectivity index (χ0v) is 25.5. The van der Waals surface area contributed by atoms with Gasteiger partial charge in [0.25, 0.3) is 5.91 Å². The third kappa shape index (κ3) is 6.47. The van der Waals surface area contributed by atoms with Crippen LogP contribution in [-0.4, -0.2) is 89.8 Å². The molecule has 3 aliphatic rings. The monoisotopic (exact) mass is 576 g/mol. The molecule has 1 aromatic carbocycles. The third-order valence-corrected chi connectivity index (χ3v) is 8.78. The number of benzene rings is 1. The Balaban J connectivity index is 1.10. The van der Waals surface area contributed by atoms with E-state index in [0.717, 1.165) is 30.8 Å². The Labute approximate surface area is 248 Å². The SMILES string of the molecule is Cc1cc(N2CCC(C)(c3ccccc3)C2)cnc1C(=O)NCCN1CC2(CCN(C(=O)OC(C)(C)C)CC2)NC1=O. The molecular weight excluding hydrogens is 532 g/mol. The average molecular weight is 577 g/mol. The van der Waals surface area contributed by atoms with Crippen molar-refractivity contribution in [3.05, 3.63) is 59.4 Å². The summed E-state index contributed by atoms with van der Waals surface area (Å²) in [6.45, 7) is 14.0. The van der Waals surface area contributed by atoms with Gasteiger partial charge in [-0.2, -0.15) is 0 Å². The quantitative estimate of drug-likeness (QED) is 0.537. The Hall–Kier alpha value is -3.82. The van der Waals surface area contributed by atoms with E-state index in [1.807, 2.05) is 39.8 Å². The van der Waals surface area contributed by atoms with Crippen molar-refractivity contribution in [3.63, 3.8) is 0 Å². The second-order valence-corrected chi connectivity index (χ2v) is 13.3. The maximum absolute atomic E-state index is 13.0. The van der Waals surface area contributed by atoms with Crippen LogP contribution >= 0.6 is 0 Å². The first-order valence-corrected chi connectivity index (χ1v) is 15.0. The van der Waals surface area contributed by atoms with Crippen LogP contribution in [0.25, 0.3) is 0 Å². The molecule has 226 valence electrons. The number of aromatic nitrogens is 1. The van der Waals surface area contributed by atoms with Crippen molar-refractivity contribution < 1.29 is 19.1 Å². The van der Waals surface area contributed by atoms with Crippen molar-refractivity contribution in [1.29, 1.82) is 0 Å². The van der Waals surface area contributed by atoms with Gasteiger partial charge in [0.1, 0.15) is 11.3 Å².